The second kappa shape index (κ2) is 9.33. The van der Waals surface area contributed by atoms with Crippen LogP contribution in [0.5, 0.6) is 5.75 Å². The first-order valence-corrected chi connectivity index (χ1v) is 10.9. The lowest BCUT2D eigenvalue weighted by molar-refractivity contribution is -0.144. The van der Waals surface area contributed by atoms with Crippen LogP contribution in [0.4, 0.5) is 0 Å². The van der Waals surface area contributed by atoms with Crippen molar-refractivity contribution >= 4 is 17.7 Å². The summed E-state index contributed by atoms with van der Waals surface area (Å²) in [5, 5.41) is 0. The van der Waals surface area contributed by atoms with Crippen molar-refractivity contribution < 1.29 is 19.1 Å². The summed E-state index contributed by atoms with van der Waals surface area (Å²) in [7, 11) is 1.59. The largest absolute Gasteiger partial charge is 0.497 e. The Balaban J connectivity index is 1.60. The molecule has 0 bridgehead atoms. The van der Waals surface area contributed by atoms with E-state index < -0.39 is 12.0 Å². The van der Waals surface area contributed by atoms with Crippen LogP contribution in [0.15, 0.2) is 54.6 Å². The Morgan fingerprint density at radius 1 is 1.00 bits per heavy atom. The minimum absolute atomic E-state index is 0.0231. The summed E-state index contributed by atoms with van der Waals surface area (Å²) in [6.07, 6.45) is 2.83. The van der Waals surface area contributed by atoms with Crippen molar-refractivity contribution in [3.05, 3.63) is 65.7 Å². The number of ether oxygens (including phenoxy) is 1. The van der Waals surface area contributed by atoms with E-state index in [9.17, 15) is 14.4 Å². The van der Waals surface area contributed by atoms with Gasteiger partial charge < -0.3 is 9.64 Å². The topological polar surface area (TPSA) is 66.9 Å². The molecule has 2 heterocycles. The molecule has 162 valence electrons. The highest BCUT2D eigenvalue weighted by Crippen LogP contribution is 2.40. The van der Waals surface area contributed by atoms with Crippen LogP contribution >= 0.6 is 0 Å². The standard InChI is InChI=1S/C25H28N2O4/c1-31-20-12-10-19(11-13-20)24-21(25(30)26-15-5-6-16-26)17-23(29)27(24)22(28)14-9-18-7-3-2-4-8-18/h2-4,7-8,10-13,21,24H,5-6,9,14-17H2,1H3/t21?,24-/m1/s1. The zero-order valence-electron chi connectivity index (χ0n) is 17.8. The lowest BCUT2D eigenvalue weighted by Crippen LogP contribution is -2.39. The summed E-state index contributed by atoms with van der Waals surface area (Å²) in [5.74, 6) is -0.370. The molecule has 31 heavy (non-hydrogen) atoms. The fraction of sp³-hybridized carbons (Fsp3) is 0.400. The van der Waals surface area contributed by atoms with Gasteiger partial charge in [-0.25, -0.2) is 0 Å². The van der Waals surface area contributed by atoms with E-state index >= 15 is 0 Å². The van der Waals surface area contributed by atoms with E-state index in [1.807, 2.05) is 59.5 Å². The Morgan fingerprint density at radius 2 is 1.68 bits per heavy atom. The van der Waals surface area contributed by atoms with Gasteiger partial charge in [0.25, 0.3) is 0 Å². The van der Waals surface area contributed by atoms with Crippen molar-refractivity contribution in [3.8, 4) is 5.75 Å². The molecule has 0 spiro atoms. The summed E-state index contributed by atoms with van der Waals surface area (Å²) in [6, 6.07) is 16.5. The summed E-state index contributed by atoms with van der Waals surface area (Å²) in [4.78, 5) is 42.6. The fourth-order valence-electron chi connectivity index (χ4n) is 4.62. The molecule has 2 aromatic carbocycles. The number of carbonyl (C=O) groups excluding carboxylic acids is 3. The molecule has 3 amide bonds. The molecule has 1 unspecified atom stereocenters. The molecule has 2 saturated heterocycles. The number of amides is 3. The number of methoxy groups -OCH3 is 1. The molecule has 2 atom stereocenters. The predicted octanol–water partition coefficient (Wildman–Crippen LogP) is 3.37. The van der Waals surface area contributed by atoms with Crippen LogP contribution in [0, 0.1) is 5.92 Å². The lowest BCUT2D eigenvalue weighted by atomic mass is 9.92. The Hall–Kier alpha value is -3.15. The zero-order valence-corrected chi connectivity index (χ0v) is 17.8. The highest BCUT2D eigenvalue weighted by molar-refractivity contribution is 6.01. The molecule has 0 saturated carbocycles. The number of benzene rings is 2. The van der Waals surface area contributed by atoms with E-state index in [4.69, 9.17) is 4.74 Å². The molecule has 2 aliphatic heterocycles. The van der Waals surface area contributed by atoms with E-state index in [0.29, 0.717) is 12.2 Å². The fourth-order valence-corrected chi connectivity index (χ4v) is 4.62. The van der Waals surface area contributed by atoms with Gasteiger partial charge in [0.05, 0.1) is 19.1 Å². The van der Waals surface area contributed by atoms with Gasteiger partial charge in [-0.2, -0.15) is 0 Å². The number of hydrogen-bond acceptors (Lipinski definition) is 4. The first-order chi connectivity index (χ1) is 15.1. The molecule has 0 N–H and O–H groups in total. The second-order valence-corrected chi connectivity index (χ2v) is 8.20. The number of carbonyl (C=O) groups is 3. The van der Waals surface area contributed by atoms with E-state index in [1.54, 1.807) is 7.11 Å². The van der Waals surface area contributed by atoms with E-state index in [1.165, 1.54) is 4.90 Å². The molecule has 0 radical (unpaired) electrons. The average Bonchev–Trinajstić information content (AvgIpc) is 3.46. The number of aryl methyl sites for hydroxylation is 1. The van der Waals surface area contributed by atoms with Gasteiger partial charge in [-0.3, -0.25) is 19.3 Å². The lowest BCUT2D eigenvalue weighted by Gasteiger charge is -2.29. The Morgan fingerprint density at radius 3 is 2.32 bits per heavy atom. The normalized spacial score (nSPS) is 20.9. The minimum Gasteiger partial charge on any atom is -0.497 e. The number of imide groups is 1. The highest BCUT2D eigenvalue weighted by Gasteiger charge is 2.48. The molecule has 0 aromatic heterocycles. The smallest absolute Gasteiger partial charge is 0.230 e. The Bertz CT molecular complexity index is 936. The monoisotopic (exact) mass is 420 g/mol. The molecular weight excluding hydrogens is 392 g/mol. The number of likely N-dealkylation sites (tertiary alicyclic amines) is 2. The van der Waals surface area contributed by atoms with Crippen molar-refractivity contribution in [2.45, 2.75) is 38.1 Å². The van der Waals surface area contributed by atoms with Gasteiger partial charge in [0.1, 0.15) is 5.75 Å². The summed E-state index contributed by atoms with van der Waals surface area (Å²) in [5.41, 5.74) is 1.84. The van der Waals surface area contributed by atoms with Crippen LogP contribution in [0.3, 0.4) is 0 Å². The Labute approximate surface area is 182 Å². The molecule has 6 heteroatoms. The molecule has 4 rings (SSSR count). The number of nitrogens with zero attached hydrogens (tertiary/aromatic N) is 2. The molecule has 2 aliphatic rings. The first kappa shape index (κ1) is 21.1. The third-order valence-corrected chi connectivity index (χ3v) is 6.25. The van der Waals surface area contributed by atoms with Crippen LogP contribution in [0.25, 0.3) is 0 Å². The highest BCUT2D eigenvalue weighted by atomic mass is 16.5. The van der Waals surface area contributed by atoms with Crippen molar-refractivity contribution in [1.82, 2.24) is 9.80 Å². The van der Waals surface area contributed by atoms with E-state index in [2.05, 4.69) is 0 Å². The van der Waals surface area contributed by atoms with Gasteiger partial charge in [-0.15, -0.1) is 0 Å². The zero-order chi connectivity index (χ0) is 21.8. The quantitative estimate of drug-likeness (QED) is 0.719. The SMILES string of the molecule is COc1ccc([C@@H]2C(C(=O)N3CCCC3)CC(=O)N2C(=O)CCc2ccccc2)cc1. The van der Waals surface area contributed by atoms with Crippen molar-refractivity contribution in [3.63, 3.8) is 0 Å². The van der Waals surface area contributed by atoms with Crippen LogP contribution < -0.4 is 4.74 Å². The molecule has 2 aromatic rings. The molecule has 6 nitrogen and oxygen atoms in total. The number of hydrogen-bond donors (Lipinski definition) is 0. The summed E-state index contributed by atoms with van der Waals surface area (Å²) in [6.45, 7) is 1.45. The minimum atomic E-state index is -0.574. The van der Waals surface area contributed by atoms with Gasteiger partial charge in [-0.1, -0.05) is 42.5 Å². The third-order valence-electron chi connectivity index (χ3n) is 6.25. The average molecular weight is 421 g/mol. The predicted molar refractivity (Wildman–Crippen MR) is 116 cm³/mol. The molecule has 0 aliphatic carbocycles. The van der Waals surface area contributed by atoms with E-state index in [0.717, 1.165) is 37.1 Å². The molecule has 2 fully saturated rings. The second-order valence-electron chi connectivity index (χ2n) is 8.20. The maximum atomic E-state index is 13.3. The summed E-state index contributed by atoms with van der Waals surface area (Å²) >= 11 is 0. The van der Waals surface area contributed by atoms with Gasteiger partial charge >= 0.3 is 0 Å². The van der Waals surface area contributed by atoms with Gasteiger partial charge in [0, 0.05) is 25.9 Å². The van der Waals surface area contributed by atoms with Crippen molar-refractivity contribution in [2.24, 2.45) is 5.92 Å². The third kappa shape index (κ3) is 4.48. The van der Waals surface area contributed by atoms with Crippen LogP contribution in [-0.2, 0) is 20.8 Å². The van der Waals surface area contributed by atoms with E-state index in [-0.39, 0.29) is 30.6 Å². The van der Waals surface area contributed by atoms with Crippen molar-refractivity contribution in [2.75, 3.05) is 20.2 Å². The van der Waals surface area contributed by atoms with Crippen LogP contribution in [0.2, 0.25) is 0 Å². The Kier molecular flexibility index (Phi) is 6.35. The first-order valence-electron chi connectivity index (χ1n) is 10.9. The van der Waals surface area contributed by atoms with Gasteiger partial charge in [-0.05, 0) is 42.5 Å². The molecular formula is C25H28N2O4. The van der Waals surface area contributed by atoms with Crippen molar-refractivity contribution in [1.29, 1.82) is 0 Å². The van der Waals surface area contributed by atoms with Crippen LogP contribution in [-0.4, -0.2) is 47.7 Å². The maximum absolute atomic E-state index is 13.3. The number of rotatable bonds is 6. The maximum Gasteiger partial charge on any atom is 0.230 e. The van der Waals surface area contributed by atoms with Gasteiger partial charge in [0.2, 0.25) is 17.7 Å². The van der Waals surface area contributed by atoms with Gasteiger partial charge in [0.15, 0.2) is 0 Å². The summed E-state index contributed by atoms with van der Waals surface area (Å²) < 4.78 is 5.25. The van der Waals surface area contributed by atoms with Crippen LogP contribution in [0.1, 0.15) is 42.9 Å².